The molecule has 4 rings (SSSR count). The number of methoxy groups -OCH3 is 1. The Morgan fingerprint density at radius 1 is 1.04 bits per heavy atom. The minimum Gasteiger partial charge on any atom is -0.495 e. The smallest absolute Gasteiger partial charge is 0.233 e. The van der Waals surface area contributed by atoms with Gasteiger partial charge >= 0.3 is 0 Å². The molecule has 3 heterocycles. The second-order valence-corrected chi connectivity index (χ2v) is 8.16. The number of ether oxygens (including phenoxy) is 1. The summed E-state index contributed by atoms with van der Waals surface area (Å²) in [7, 11) is 1.67. The van der Waals surface area contributed by atoms with Gasteiger partial charge < -0.3 is 14.5 Å². The fraction of sp³-hybridized carbons (Fsp3) is 0.550. The van der Waals surface area contributed by atoms with Gasteiger partial charge in [-0.3, -0.25) is 9.36 Å². The number of benzene rings is 1. The summed E-state index contributed by atoms with van der Waals surface area (Å²) in [5, 5.41) is 9.69. The van der Waals surface area contributed by atoms with Crippen LogP contribution in [0.2, 0.25) is 0 Å². The Kier molecular flexibility index (Phi) is 6.04. The Morgan fingerprint density at radius 2 is 1.75 bits per heavy atom. The van der Waals surface area contributed by atoms with E-state index in [2.05, 4.69) is 15.1 Å². The molecule has 7 nitrogen and oxygen atoms in total. The van der Waals surface area contributed by atoms with Gasteiger partial charge in [-0.25, -0.2) is 0 Å². The molecule has 150 valence electrons. The van der Waals surface area contributed by atoms with Gasteiger partial charge in [-0.1, -0.05) is 23.9 Å². The number of likely N-dealkylation sites (tertiary alicyclic amines) is 1. The number of anilines is 1. The molecule has 0 bridgehead atoms. The number of para-hydroxylation sites is 2. The predicted molar refractivity (Wildman–Crippen MR) is 111 cm³/mol. The maximum Gasteiger partial charge on any atom is 0.233 e. The van der Waals surface area contributed by atoms with E-state index >= 15 is 0 Å². The van der Waals surface area contributed by atoms with E-state index < -0.39 is 0 Å². The largest absolute Gasteiger partial charge is 0.495 e. The van der Waals surface area contributed by atoms with Gasteiger partial charge in [-0.15, -0.1) is 10.2 Å². The molecule has 2 aliphatic rings. The van der Waals surface area contributed by atoms with Gasteiger partial charge in [0.2, 0.25) is 11.9 Å². The molecule has 0 unspecified atom stereocenters. The highest BCUT2D eigenvalue weighted by molar-refractivity contribution is 7.99. The van der Waals surface area contributed by atoms with Crippen LogP contribution in [0.15, 0.2) is 29.4 Å². The van der Waals surface area contributed by atoms with Crippen molar-refractivity contribution in [3.8, 4) is 11.4 Å². The van der Waals surface area contributed by atoms with Crippen molar-refractivity contribution >= 4 is 23.6 Å². The summed E-state index contributed by atoms with van der Waals surface area (Å²) in [4.78, 5) is 16.7. The summed E-state index contributed by atoms with van der Waals surface area (Å²) in [5.74, 6) is 2.16. The number of aromatic nitrogens is 3. The third kappa shape index (κ3) is 3.97. The fourth-order valence-electron chi connectivity index (χ4n) is 3.86. The predicted octanol–water partition coefficient (Wildman–Crippen LogP) is 2.98. The van der Waals surface area contributed by atoms with Crippen LogP contribution in [0.5, 0.6) is 5.75 Å². The molecule has 1 aromatic carbocycles. The summed E-state index contributed by atoms with van der Waals surface area (Å²) in [6, 6.07) is 7.90. The Morgan fingerprint density at radius 3 is 2.50 bits per heavy atom. The molecule has 0 N–H and O–H groups in total. The fourth-order valence-corrected chi connectivity index (χ4v) is 4.71. The second kappa shape index (κ2) is 8.86. The maximum absolute atomic E-state index is 12.5. The van der Waals surface area contributed by atoms with Crippen molar-refractivity contribution in [2.24, 2.45) is 0 Å². The Hall–Kier alpha value is -2.22. The normalized spacial score (nSPS) is 17.2. The first-order valence-electron chi connectivity index (χ1n) is 10.0. The van der Waals surface area contributed by atoms with Crippen LogP contribution in [0.25, 0.3) is 5.69 Å². The van der Waals surface area contributed by atoms with Gasteiger partial charge in [0.15, 0.2) is 5.16 Å². The highest BCUT2D eigenvalue weighted by Gasteiger charge is 2.25. The van der Waals surface area contributed by atoms with E-state index in [9.17, 15) is 4.79 Å². The number of rotatable bonds is 6. The van der Waals surface area contributed by atoms with E-state index in [1.54, 1.807) is 7.11 Å². The standard InChI is InChI=1S/C20H27N5O2S/c1-27-17-10-4-3-9-16(17)25-19(24-13-5-2-6-14-24)21-22-20(25)28-15-18(26)23-11-7-8-12-23/h3-4,9-10H,2,5-8,11-15H2,1H3. The topological polar surface area (TPSA) is 63.5 Å². The quantitative estimate of drug-likeness (QED) is 0.694. The minimum atomic E-state index is 0.177. The molecule has 2 aliphatic heterocycles. The van der Waals surface area contributed by atoms with E-state index in [0.29, 0.717) is 5.75 Å². The Balaban J connectivity index is 1.63. The van der Waals surface area contributed by atoms with Crippen LogP contribution in [0, 0.1) is 0 Å². The molecule has 2 saturated heterocycles. The molecule has 2 aromatic rings. The molecule has 0 spiro atoms. The van der Waals surface area contributed by atoms with E-state index in [4.69, 9.17) is 4.74 Å². The molecule has 0 atom stereocenters. The number of carbonyl (C=O) groups is 1. The van der Waals surface area contributed by atoms with Gasteiger partial charge in [0, 0.05) is 26.2 Å². The van der Waals surface area contributed by atoms with Crippen LogP contribution >= 0.6 is 11.8 Å². The molecular weight excluding hydrogens is 374 g/mol. The van der Waals surface area contributed by atoms with Crippen LogP contribution in [0.1, 0.15) is 32.1 Å². The zero-order chi connectivity index (χ0) is 19.3. The van der Waals surface area contributed by atoms with Crippen molar-refractivity contribution in [1.82, 2.24) is 19.7 Å². The molecule has 2 fully saturated rings. The molecular formula is C20H27N5O2S. The lowest BCUT2D eigenvalue weighted by molar-refractivity contribution is -0.127. The lowest BCUT2D eigenvalue weighted by atomic mass is 10.1. The molecule has 1 aromatic heterocycles. The highest BCUT2D eigenvalue weighted by Crippen LogP contribution is 2.33. The molecule has 0 radical (unpaired) electrons. The van der Waals surface area contributed by atoms with Crippen LogP contribution in [-0.2, 0) is 4.79 Å². The van der Waals surface area contributed by atoms with Gasteiger partial charge in [0.1, 0.15) is 5.75 Å². The number of hydrogen-bond acceptors (Lipinski definition) is 6. The number of piperidine rings is 1. The summed E-state index contributed by atoms with van der Waals surface area (Å²) in [6.45, 7) is 3.70. The lowest BCUT2D eigenvalue weighted by Gasteiger charge is -2.28. The number of amides is 1. The Bertz CT molecular complexity index is 813. The number of carbonyl (C=O) groups excluding carboxylic acids is 1. The Labute approximate surface area is 170 Å². The maximum atomic E-state index is 12.5. The van der Waals surface area contributed by atoms with Crippen LogP contribution in [0.3, 0.4) is 0 Å². The number of hydrogen-bond donors (Lipinski definition) is 0. The van der Waals surface area contributed by atoms with Crippen LogP contribution < -0.4 is 9.64 Å². The van der Waals surface area contributed by atoms with E-state index in [1.165, 1.54) is 18.2 Å². The summed E-state index contributed by atoms with van der Waals surface area (Å²) in [5.41, 5.74) is 0.909. The lowest BCUT2D eigenvalue weighted by Crippen LogP contribution is -2.32. The average molecular weight is 402 g/mol. The van der Waals surface area contributed by atoms with Crippen molar-refractivity contribution < 1.29 is 9.53 Å². The van der Waals surface area contributed by atoms with Crippen molar-refractivity contribution in [2.45, 2.75) is 37.3 Å². The summed E-state index contributed by atoms with van der Waals surface area (Å²) in [6.07, 6.45) is 5.79. The van der Waals surface area contributed by atoms with E-state index in [1.807, 2.05) is 33.7 Å². The summed E-state index contributed by atoms with van der Waals surface area (Å²) >= 11 is 1.46. The first kappa shape index (κ1) is 19.1. The molecule has 28 heavy (non-hydrogen) atoms. The zero-order valence-electron chi connectivity index (χ0n) is 16.3. The van der Waals surface area contributed by atoms with E-state index in [0.717, 1.165) is 74.4 Å². The first-order valence-corrected chi connectivity index (χ1v) is 11.0. The van der Waals surface area contributed by atoms with Gasteiger partial charge in [0.25, 0.3) is 0 Å². The second-order valence-electron chi connectivity index (χ2n) is 7.21. The molecule has 8 heteroatoms. The molecule has 0 aliphatic carbocycles. The van der Waals surface area contributed by atoms with Gasteiger partial charge in [-0.05, 0) is 44.2 Å². The first-order chi connectivity index (χ1) is 13.8. The van der Waals surface area contributed by atoms with Gasteiger partial charge in [0.05, 0.1) is 18.6 Å². The van der Waals surface area contributed by atoms with Crippen molar-refractivity contribution in [2.75, 3.05) is 43.9 Å². The SMILES string of the molecule is COc1ccccc1-n1c(SCC(=O)N2CCCC2)nnc1N1CCCCC1. The monoisotopic (exact) mass is 401 g/mol. The highest BCUT2D eigenvalue weighted by atomic mass is 32.2. The van der Waals surface area contributed by atoms with Crippen molar-refractivity contribution in [3.05, 3.63) is 24.3 Å². The summed E-state index contributed by atoms with van der Waals surface area (Å²) < 4.78 is 7.64. The number of nitrogens with zero attached hydrogens (tertiary/aromatic N) is 5. The van der Waals surface area contributed by atoms with Crippen molar-refractivity contribution in [1.29, 1.82) is 0 Å². The van der Waals surface area contributed by atoms with Crippen LogP contribution in [0.4, 0.5) is 5.95 Å². The zero-order valence-corrected chi connectivity index (χ0v) is 17.2. The molecule has 1 amide bonds. The third-order valence-electron chi connectivity index (χ3n) is 5.36. The van der Waals surface area contributed by atoms with Gasteiger partial charge in [-0.2, -0.15) is 0 Å². The van der Waals surface area contributed by atoms with E-state index in [-0.39, 0.29) is 5.91 Å². The van der Waals surface area contributed by atoms with Crippen molar-refractivity contribution in [3.63, 3.8) is 0 Å². The minimum absolute atomic E-state index is 0.177. The molecule has 0 saturated carbocycles. The van der Waals surface area contributed by atoms with Crippen LogP contribution in [-0.4, -0.2) is 64.6 Å². The third-order valence-corrected chi connectivity index (χ3v) is 6.28. The average Bonchev–Trinajstić information content (AvgIpc) is 3.43. The number of thioether (sulfide) groups is 1.